The number of Topliss-reactive ketones (excluding diaryl/α,β-unsaturated/α-hetero) is 1. The first kappa shape index (κ1) is 19.7. The topological polar surface area (TPSA) is 84.9 Å². The van der Waals surface area contributed by atoms with Crippen LogP contribution >= 0.6 is 0 Å². The maximum absolute atomic E-state index is 12.8. The standard InChI is InChI=1S/C22H25NO5/c1-4-11-28-22(26)19-13(3)23-15-7-6-8-17(25)21(15)20(19)14-9-10-16(24)18(12-14)27-5-2/h4,9-10,12,20,23-24H,1,5-8,11H2,2-3H3/t20-/m0/s1. The minimum absolute atomic E-state index is 0.0141. The van der Waals surface area contributed by atoms with Crippen molar-refractivity contribution < 1.29 is 24.2 Å². The zero-order valence-corrected chi connectivity index (χ0v) is 16.2. The smallest absolute Gasteiger partial charge is 0.337 e. The highest BCUT2D eigenvalue weighted by molar-refractivity contribution is 6.03. The highest BCUT2D eigenvalue weighted by Gasteiger charge is 2.39. The van der Waals surface area contributed by atoms with Gasteiger partial charge in [-0.15, -0.1) is 0 Å². The molecule has 1 atom stereocenters. The van der Waals surface area contributed by atoms with Crippen LogP contribution < -0.4 is 10.1 Å². The Morgan fingerprint density at radius 2 is 2.18 bits per heavy atom. The van der Waals surface area contributed by atoms with Crippen LogP contribution in [0.2, 0.25) is 0 Å². The summed E-state index contributed by atoms with van der Waals surface area (Å²) in [5.41, 5.74) is 3.21. The van der Waals surface area contributed by atoms with Crippen LogP contribution in [0.4, 0.5) is 0 Å². The van der Waals surface area contributed by atoms with E-state index < -0.39 is 11.9 Å². The SMILES string of the molecule is C=CCOC(=O)C1=C(C)NC2=C(C(=O)CCC2)[C@H]1c1ccc(O)c(OCC)c1. The maximum atomic E-state index is 12.8. The summed E-state index contributed by atoms with van der Waals surface area (Å²) in [4.78, 5) is 25.6. The summed E-state index contributed by atoms with van der Waals surface area (Å²) in [5, 5.41) is 13.3. The molecule has 148 valence electrons. The molecule has 0 unspecified atom stereocenters. The van der Waals surface area contributed by atoms with Gasteiger partial charge in [0, 0.05) is 29.3 Å². The lowest BCUT2D eigenvalue weighted by atomic mass is 9.75. The maximum Gasteiger partial charge on any atom is 0.337 e. The molecular formula is C22H25NO5. The number of dihydropyridines is 1. The van der Waals surface area contributed by atoms with Crippen molar-refractivity contribution in [2.75, 3.05) is 13.2 Å². The molecule has 0 radical (unpaired) electrons. The third-order valence-electron chi connectivity index (χ3n) is 4.95. The van der Waals surface area contributed by atoms with Crippen LogP contribution in [0.3, 0.4) is 0 Å². The fourth-order valence-corrected chi connectivity index (χ4v) is 3.78. The highest BCUT2D eigenvalue weighted by Crippen LogP contribution is 2.44. The summed E-state index contributed by atoms with van der Waals surface area (Å²) < 4.78 is 10.8. The van der Waals surface area contributed by atoms with Crippen LogP contribution in [0, 0.1) is 0 Å². The van der Waals surface area contributed by atoms with E-state index in [1.165, 1.54) is 12.1 Å². The quantitative estimate of drug-likeness (QED) is 0.578. The van der Waals surface area contributed by atoms with E-state index >= 15 is 0 Å². The number of nitrogens with one attached hydrogen (secondary N) is 1. The second-order valence-corrected chi connectivity index (χ2v) is 6.81. The van der Waals surface area contributed by atoms with Crippen molar-refractivity contribution in [3.8, 4) is 11.5 Å². The van der Waals surface area contributed by atoms with Gasteiger partial charge in [0.15, 0.2) is 17.3 Å². The van der Waals surface area contributed by atoms with Gasteiger partial charge in [-0.3, -0.25) is 4.79 Å². The summed E-state index contributed by atoms with van der Waals surface area (Å²) in [5.74, 6) is -0.709. The molecule has 2 aliphatic rings. The minimum Gasteiger partial charge on any atom is -0.504 e. The number of aromatic hydroxyl groups is 1. The molecule has 1 aliphatic heterocycles. The summed E-state index contributed by atoms with van der Waals surface area (Å²) in [7, 11) is 0. The van der Waals surface area contributed by atoms with Crippen LogP contribution in [0.25, 0.3) is 0 Å². The Kier molecular flexibility index (Phi) is 5.87. The predicted molar refractivity (Wildman–Crippen MR) is 105 cm³/mol. The van der Waals surface area contributed by atoms with Crippen LogP contribution in [0.1, 0.15) is 44.6 Å². The second-order valence-electron chi connectivity index (χ2n) is 6.81. The lowest BCUT2D eigenvalue weighted by molar-refractivity contribution is -0.138. The van der Waals surface area contributed by atoms with Gasteiger partial charge in [0.05, 0.1) is 12.2 Å². The Hall–Kier alpha value is -3.02. The fraction of sp³-hybridized carbons (Fsp3) is 0.364. The van der Waals surface area contributed by atoms with Crippen molar-refractivity contribution in [1.82, 2.24) is 5.32 Å². The second kappa shape index (κ2) is 8.33. The third kappa shape index (κ3) is 3.67. The van der Waals surface area contributed by atoms with Crippen molar-refractivity contribution in [3.05, 3.63) is 59.0 Å². The van der Waals surface area contributed by atoms with Gasteiger partial charge in [0.2, 0.25) is 0 Å². The lowest BCUT2D eigenvalue weighted by Crippen LogP contribution is -2.34. The Morgan fingerprint density at radius 3 is 2.89 bits per heavy atom. The molecule has 3 rings (SSSR count). The zero-order chi connectivity index (χ0) is 20.3. The first-order valence-electron chi connectivity index (χ1n) is 9.45. The number of allylic oxidation sites excluding steroid dienone is 3. The van der Waals surface area contributed by atoms with E-state index in [4.69, 9.17) is 9.47 Å². The molecule has 28 heavy (non-hydrogen) atoms. The number of ketones is 1. The Labute approximate surface area is 164 Å². The molecule has 1 heterocycles. The summed E-state index contributed by atoms with van der Waals surface area (Å²) in [6.45, 7) is 7.68. The molecule has 2 N–H and O–H groups in total. The average Bonchev–Trinajstić information content (AvgIpc) is 2.67. The van der Waals surface area contributed by atoms with Gasteiger partial charge in [-0.25, -0.2) is 4.79 Å². The van der Waals surface area contributed by atoms with E-state index in [1.54, 1.807) is 12.1 Å². The van der Waals surface area contributed by atoms with Gasteiger partial charge in [-0.2, -0.15) is 0 Å². The molecule has 0 spiro atoms. The molecule has 0 aromatic heterocycles. The van der Waals surface area contributed by atoms with E-state index in [-0.39, 0.29) is 18.1 Å². The Balaban J connectivity index is 2.14. The normalized spacial score (nSPS) is 19.1. The number of ether oxygens (including phenoxy) is 2. The number of rotatable bonds is 6. The predicted octanol–water partition coefficient (Wildman–Crippen LogP) is 3.49. The van der Waals surface area contributed by atoms with Crippen molar-refractivity contribution in [3.63, 3.8) is 0 Å². The molecule has 0 amide bonds. The molecule has 0 saturated carbocycles. The molecule has 6 nitrogen and oxygen atoms in total. The molecule has 6 heteroatoms. The van der Waals surface area contributed by atoms with Crippen molar-refractivity contribution >= 4 is 11.8 Å². The molecule has 1 aromatic carbocycles. The van der Waals surface area contributed by atoms with E-state index in [9.17, 15) is 14.7 Å². The Morgan fingerprint density at radius 1 is 1.39 bits per heavy atom. The van der Waals surface area contributed by atoms with Gasteiger partial charge in [0.1, 0.15) is 6.61 Å². The number of phenols is 1. The highest BCUT2D eigenvalue weighted by atomic mass is 16.5. The summed E-state index contributed by atoms with van der Waals surface area (Å²) in [6, 6.07) is 4.93. The van der Waals surface area contributed by atoms with E-state index in [0.29, 0.717) is 41.2 Å². The van der Waals surface area contributed by atoms with Crippen LogP contribution in [0.5, 0.6) is 11.5 Å². The van der Waals surface area contributed by atoms with Gasteiger partial charge < -0.3 is 19.9 Å². The van der Waals surface area contributed by atoms with Crippen molar-refractivity contribution in [1.29, 1.82) is 0 Å². The summed E-state index contributed by atoms with van der Waals surface area (Å²) in [6.07, 6.45) is 3.48. The van der Waals surface area contributed by atoms with Crippen molar-refractivity contribution in [2.45, 2.75) is 39.0 Å². The molecule has 0 saturated heterocycles. The van der Waals surface area contributed by atoms with Crippen LogP contribution in [0.15, 0.2) is 53.4 Å². The largest absolute Gasteiger partial charge is 0.504 e. The average molecular weight is 383 g/mol. The first-order valence-corrected chi connectivity index (χ1v) is 9.45. The lowest BCUT2D eigenvalue weighted by Gasteiger charge is -2.34. The van der Waals surface area contributed by atoms with E-state index in [1.807, 2.05) is 13.8 Å². The van der Waals surface area contributed by atoms with E-state index in [0.717, 1.165) is 18.5 Å². The molecule has 0 fully saturated rings. The molecule has 1 aromatic rings. The van der Waals surface area contributed by atoms with Crippen LogP contribution in [-0.2, 0) is 14.3 Å². The van der Waals surface area contributed by atoms with Crippen molar-refractivity contribution in [2.24, 2.45) is 0 Å². The van der Waals surface area contributed by atoms with Crippen LogP contribution in [-0.4, -0.2) is 30.1 Å². The number of phenolic OH excluding ortho intramolecular Hbond substituents is 1. The number of carbonyl (C=O) groups is 2. The molecule has 1 aliphatic carbocycles. The van der Waals surface area contributed by atoms with Gasteiger partial charge in [-0.05, 0) is 44.4 Å². The minimum atomic E-state index is -0.568. The number of benzene rings is 1. The Bertz CT molecular complexity index is 881. The first-order chi connectivity index (χ1) is 13.5. The fourth-order valence-electron chi connectivity index (χ4n) is 3.78. The molecular weight excluding hydrogens is 358 g/mol. The number of hydrogen-bond acceptors (Lipinski definition) is 6. The number of carbonyl (C=O) groups excluding carboxylic acids is 2. The van der Waals surface area contributed by atoms with E-state index in [2.05, 4.69) is 11.9 Å². The number of esters is 1. The third-order valence-corrected chi connectivity index (χ3v) is 4.95. The van der Waals surface area contributed by atoms with Gasteiger partial charge in [0.25, 0.3) is 0 Å². The summed E-state index contributed by atoms with van der Waals surface area (Å²) >= 11 is 0. The zero-order valence-electron chi connectivity index (χ0n) is 16.2. The molecule has 0 bridgehead atoms. The van der Waals surface area contributed by atoms with Gasteiger partial charge >= 0.3 is 5.97 Å². The monoisotopic (exact) mass is 383 g/mol. The van der Waals surface area contributed by atoms with Gasteiger partial charge in [-0.1, -0.05) is 18.7 Å². The number of hydrogen-bond donors (Lipinski definition) is 2.